The standard InChI is InChI=1S/C18H18O6/c1-3-12-5-6-14-13(10-18(21)24-15(14)9-12)11-23-17(20)8-7-16(19)22-4-2/h5-10H,3-4,11H2,1-2H3. The van der Waals surface area contributed by atoms with Crippen LogP contribution in [0.5, 0.6) is 0 Å². The number of hydrogen-bond donors (Lipinski definition) is 0. The Morgan fingerprint density at radius 3 is 2.46 bits per heavy atom. The van der Waals surface area contributed by atoms with Crippen LogP contribution in [0.1, 0.15) is 25.0 Å². The SMILES string of the molecule is CCOC(=O)C=CC(=O)OCc1cc(=O)oc2cc(CC)ccc12. The maximum atomic E-state index is 11.7. The predicted octanol–water partition coefficient (Wildman–Crippen LogP) is 2.52. The molecule has 24 heavy (non-hydrogen) atoms. The fourth-order valence-electron chi connectivity index (χ4n) is 2.14. The van der Waals surface area contributed by atoms with E-state index in [1.54, 1.807) is 13.0 Å². The molecule has 0 aliphatic carbocycles. The van der Waals surface area contributed by atoms with Crippen molar-refractivity contribution in [1.82, 2.24) is 0 Å². The molecule has 6 heteroatoms. The molecule has 126 valence electrons. The van der Waals surface area contributed by atoms with Crippen molar-refractivity contribution in [3.8, 4) is 0 Å². The molecule has 0 unspecified atom stereocenters. The Morgan fingerprint density at radius 2 is 1.79 bits per heavy atom. The van der Waals surface area contributed by atoms with Crippen LogP contribution in [-0.2, 0) is 32.1 Å². The quantitative estimate of drug-likeness (QED) is 0.460. The molecule has 1 heterocycles. The van der Waals surface area contributed by atoms with Gasteiger partial charge in [-0.3, -0.25) is 0 Å². The normalized spacial score (nSPS) is 10.9. The van der Waals surface area contributed by atoms with Gasteiger partial charge < -0.3 is 13.9 Å². The van der Waals surface area contributed by atoms with Gasteiger partial charge in [0, 0.05) is 29.2 Å². The van der Waals surface area contributed by atoms with E-state index in [2.05, 4.69) is 4.74 Å². The third-order valence-corrected chi connectivity index (χ3v) is 3.31. The van der Waals surface area contributed by atoms with Gasteiger partial charge in [-0.2, -0.15) is 0 Å². The van der Waals surface area contributed by atoms with Crippen LogP contribution in [0, 0.1) is 0 Å². The molecule has 6 nitrogen and oxygen atoms in total. The van der Waals surface area contributed by atoms with Crippen LogP contribution < -0.4 is 5.63 Å². The van der Waals surface area contributed by atoms with Crippen molar-refractivity contribution in [1.29, 1.82) is 0 Å². The molecule has 2 rings (SSSR count). The van der Waals surface area contributed by atoms with Crippen LogP contribution in [0.25, 0.3) is 11.0 Å². The minimum absolute atomic E-state index is 0.0976. The first-order chi connectivity index (χ1) is 11.5. The highest BCUT2D eigenvalue weighted by molar-refractivity contribution is 5.91. The number of carbonyl (C=O) groups is 2. The van der Waals surface area contributed by atoms with E-state index in [9.17, 15) is 14.4 Å². The molecule has 0 saturated carbocycles. The molecule has 2 aromatic rings. The number of aryl methyl sites for hydroxylation is 1. The van der Waals surface area contributed by atoms with E-state index >= 15 is 0 Å². The van der Waals surface area contributed by atoms with Crippen LogP contribution >= 0.6 is 0 Å². The second kappa shape index (κ2) is 8.10. The van der Waals surface area contributed by atoms with Crippen LogP contribution in [-0.4, -0.2) is 18.5 Å². The van der Waals surface area contributed by atoms with E-state index in [1.807, 2.05) is 19.1 Å². The Hall–Kier alpha value is -2.89. The lowest BCUT2D eigenvalue weighted by Crippen LogP contribution is -2.07. The Kier molecular flexibility index (Phi) is 5.89. The van der Waals surface area contributed by atoms with Crippen molar-refractivity contribution < 1.29 is 23.5 Å². The van der Waals surface area contributed by atoms with Gasteiger partial charge >= 0.3 is 17.6 Å². The fraction of sp³-hybridized carbons (Fsp3) is 0.278. The molecular formula is C18H18O6. The molecule has 0 fully saturated rings. The lowest BCUT2D eigenvalue weighted by atomic mass is 10.1. The number of esters is 2. The number of benzene rings is 1. The maximum Gasteiger partial charge on any atom is 0.336 e. The third-order valence-electron chi connectivity index (χ3n) is 3.31. The Balaban J connectivity index is 2.14. The van der Waals surface area contributed by atoms with Gasteiger partial charge in [-0.15, -0.1) is 0 Å². The molecular weight excluding hydrogens is 312 g/mol. The number of carbonyl (C=O) groups excluding carboxylic acids is 2. The summed E-state index contributed by atoms with van der Waals surface area (Å²) in [7, 11) is 0. The predicted molar refractivity (Wildman–Crippen MR) is 87.4 cm³/mol. The number of ether oxygens (including phenoxy) is 2. The van der Waals surface area contributed by atoms with Crippen LogP contribution in [0.3, 0.4) is 0 Å². The summed E-state index contributed by atoms with van der Waals surface area (Å²) in [5, 5.41) is 0.703. The summed E-state index contributed by atoms with van der Waals surface area (Å²) >= 11 is 0. The first-order valence-electron chi connectivity index (χ1n) is 7.60. The van der Waals surface area contributed by atoms with Gasteiger partial charge in [-0.1, -0.05) is 19.1 Å². The molecule has 0 amide bonds. The summed E-state index contributed by atoms with van der Waals surface area (Å²) in [6, 6.07) is 6.84. The van der Waals surface area contributed by atoms with E-state index in [0.717, 1.165) is 24.1 Å². The fourth-order valence-corrected chi connectivity index (χ4v) is 2.14. The second-order valence-electron chi connectivity index (χ2n) is 4.97. The lowest BCUT2D eigenvalue weighted by Gasteiger charge is -2.07. The first kappa shape index (κ1) is 17.5. The summed E-state index contributed by atoms with van der Waals surface area (Å²) in [5.41, 5.74) is 1.53. The molecule has 0 spiro atoms. The summed E-state index contributed by atoms with van der Waals surface area (Å²) in [4.78, 5) is 34.4. The van der Waals surface area contributed by atoms with E-state index in [1.165, 1.54) is 6.07 Å². The highest BCUT2D eigenvalue weighted by Crippen LogP contribution is 2.19. The van der Waals surface area contributed by atoms with E-state index in [0.29, 0.717) is 16.5 Å². The third kappa shape index (κ3) is 4.55. The van der Waals surface area contributed by atoms with Crippen molar-refractivity contribution >= 4 is 22.9 Å². The first-order valence-corrected chi connectivity index (χ1v) is 7.60. The molecule has 1 aromatic carbocycles. The topological polar surface area (TPSA) is 82.8 Å². The van der Waals surface area contributed by atoms with Crippen LogP contribution in [0.2, 0.25) is 0 Å². The zero-order chi connectivity index (χ0) is 17.5. The van der Waals surface area contributed by atoms with Crippen molar-refractivity contribution in [2.45, 2.75) is 26.9 Å². The molecule has 0 aliphatic rings. The van der Waals surface area contributed by atoms with Gasteiger partial charge in [0.05, 0.1) is 6.61 Å². The number of hydrogen-bond acceptors (Lipinski definition) is 6. The smallest absolute Gasteiger partial charge is 0.336 e. The van der Waals surface area contributed by atoms with Crippen molar-refractivity contribution in [3.05, 3.63) is 58.0 Å². The molecule has 0 saturated heterocycles. The van der Waals surface area contributed by atoms with Gasteiger partial charge in [0.25, 0.3) is 0 Å². The van der Waals surface area contributed by atoms with Crippen molar-refractivity contribution in [2.75, 3.05) is 6.61 Å². The average Bonchev–Trinajstić information content (AvgIpc) is 2.57. The monoisotopic (exact) mass is 330 g/mol. The summed E-state index contributed by atoms with van der Waals surface area (Å²) in [5.74, 6) is -1.32. The van der Waals surface area contributed by atoms with E-state index in [4.69, 9.17) is 9.15 Å². The summed E-state index contributed by atoms with van der Waals surface area (Å²) in [6.07, 6.45) is 2.80. The molecule has 0 aliphatic heterocycles. The van der Waals surface area contributed by atoms with Crippen LogP contribution in [0.15, 0.2) is 45.6 Å². The number of rotatable bonds is 6. The van der Waals surface area contributed by atoms with Gasteiger partial charge in [0.15, 0.2) is 0 Å². The van der Waals surface area contributed by atoms with Gasteiger partial charge in [-0.25, -0.2) is 14.4 Å². The average molecular weight is 330 g/mol. The summed E-state index contributed by atoms with van der Waals surface area (Å²) in [6.45, 7) is 3.80. The highest BCUT2D eigenvalue weighted by Gasteiger charge is 2.08. The number of fused-ring (bicyclic) bond motifs is 1. The highest BCUT2D eigenvalue weighted by atomic mass is 16.5. The van der Waals surface area contributed by atoms with Crippen molar-refractivity contribution in [2.24, 2.45) is 0 Å². The zero-order valence-corrected chi connectivity index (χ0v) is 13.5. The molecule has 1 aromatic heterocycles. The molecule has 0 N–H and O–H groups in total. The molecule has 0 bridgehead atoms. The largest absolute Gasteiger partial charge is 0.463 e. The second-order valence-corrected chi connectivity index (χ2v) is 4.97. The van der Waals surface area contributed by atoms with E-state index < -0.39 is 17.6 Å². The molecule has 0 radical (unpaired) electrons. The molecule has 0 atom stereocenters. The lowest BCUT2D eigenvalue weighted by molar-refractivity contribution is -0.141. The Morgan fingerprint density at radius 1 is 1.08 bits per heavy atom. The zero-order valence-electron chi connectivity index (χ0n) is 13.5. The van der Waals surface area contributed by atoms with Crippen LogP contribution in [0.4, 0.5) is 0 Å². The summed E-state index contributed by atoms with van der Waals surface area (Å²) < 4.78 is 14.9. The van der Waals surface area contributed by atoms with Crippen molar-refractivity contribution in [3.63, 3.8) is 0 Å². The van der Waals surface area contributed by atoms with E-state index in [-0.39, 0.29) is 13.2 Å². The van der Waals surface area contributed by atoms with Gasteiger partial charge in [-0.05, 0) is 25.0 Å². The maximum absolute atomic E-state index is 11.7. The minimum Gasteiger partial charge on any atom is -0.463 e. The van der Waals surface area contributed by atoms with Gasteiger partial charge in [0.2, 0.25) is 0 Å². The Labute approximate surface area is 138 Å². The minimum atomic E-state index is -0.699. The van der Waals surface area contributed by atoms with Gasteiger partial charge in [0.1, 0.15) is 12.2 Å². The Bertz CT molecular complexity index is 831.